The first-order valence-electron chi connectivity index (χ1n) is 7.84. The number of aromatic nitrogens is 1. The van der Waals surface area contributed by atoms with Crippen molar-refractivity contribution in [1.29, 1.82) is 0 Å². The third-order valence-corrected chi connectivity index (χ3v) is 6.20. The molecule has 2 N–H and O–H groups in total. The molecule has 23 heavy (non-hydrogen) atoms. The third-order valence-electron chi connectivity index (χ3n) is 4.20. The predicted octanol–water partition coefficient (Wildman–Crippen LogP) is -0.214. The van der Waals surface area contributed by atoms with E-state index >= 15 is 0 Å². The molecule has 1 aromatic rings. The molecule has 1 amide bonds. The minimum Gasteiger partial charge on any atom is -0.379 e. The van der Waals surface area contributed by atoms with Crippen molar-refractivity contribution < 1.29 is 17.9 Å². The van der Waals surface area contributed by atoms with Crippen LogP contribution in [0.5, 0.6) is 0 Å². The minimum atomic E-state index is -3.48. The molecule has 2 saturated heterocycles. The van der Waals surface area contributed by atoms with Gasteiger partial charge in [-0.2, -0.15) is 17.0 Å². The number of ether oxygens (including phenoxy) is 1. The molecule has 0 spiro atoms. The third kappa shape index (κ3) is 3.74. The van der Waals surface area contributed by atoms with Gasteiger partial charge < -0.3 is 15.0 Å². The number of H-pyrrole nitrogens is 1. The molecule has 2 aliphatic heterocycles. The molecule has 9 heteroatoms. The number of carbonyl (C=O) groups excluding carboxylic acids is 1. The van der Waals surface area contributed by atoms with Crippen LogP contribution in [0.1, 0.15) is 23.2 Å². The summed E-state index contributed by atoms with van der Waals surface area (Å²) in [5.74, 6) is -0.179. The molecule has 2 aliphatic rings. The van der Waals surface area contributed by atoms with E-state index in [1.54, 1.807) is 18.5 Å². The van der Waals surface area contributed by atoms with Crippen LogP contribution in [0.15, 0.2) is 18.5 Å². The standard InChI is InChI=1S/C14H22N4O4S/c19-14(12-3-4-15-10-12)16-13-2-1-5-18(11-13)23(20,21)17-6-8-22-9-7-17/h3-4,10,13,15H,1-2,5-9,11H2,(H,16,19). The molecular weight excluding hydrogens is 320 g/mol. The molecule has 0 aromatic carbocycles. The average molecular weight is 342 g/mol. The fraction of sp³-hybridized carbons (Fsp3) is 0.643. The maximum atomic E-state index is 12.7. The Morgan fingerprint density at radius 2 is 2.04 bits per heavy atom. The van der Waals surface area contributed by atoms with E-state index in [4.69, 9.17) is 4.74 Å². The highest BCUT2D eigenvalue weighted by molar-refractivity contribution is 7.86. The van der Waals surface area contributed by atoms with Crippen LogP contribution in [-0.2, 0) is 14.9 Å². The van der Waals surface area contributed by atoms with Gasteiger partial charge in [-0.1, -0.05) is 0 Å². The highest BCUT2D eigenvalue weighted by Crippen LogP contribution is 2.18. The van der Waals surface area contributed by atoms with Crippen LogP contribution in [0.25, 0.3) is 0 Å². The van der Waals surface area contributed by atoms with Crippen LogP contribution in [0.3, 0.4) is 0 Å². The number of amides is 1. The van der Waals surface area contributed by atoms with Gasteiger partial charge in [0, 0.05) is 44.6 Å². The molecule has 8 nitrogen and oxygen atoms in total. The van der Waals surface area contributed by atoms with Crippen LogP contribution in [0, 0.1) is 0 Å². The Kier molecular flexibility index (Phi) is 5.00. The SMILES string of the molecule is O=C(NC1CCCN(S(=O)(=O)N2CCOCC2)C1)c1cc[nH]c1. The molecule has 0 radical (unpaired) electrons. The molecular formula is C14H22N4O4S. The zero-order valence-electron chi connectivity index (χ0n) is 12.9. The van der Waals surface area contributed by atoms with Crippen molar-refractivity contribution in [3.8, 4) is 0 Å². The van der Waals surface area contributed by atoms with Crippen LogP contribution >= 0.6 is 0 Å². The van der Waals surface area contributed by atoms with E-state index < -0.39 is 10.2 Å². The quantitative estimate of drug-likeness (QED) is 0.791. The number of hydrogen-bond donors (Lipinski definition) is 2. The summed E-state index contributed by atoms with van der Waals surface area (Å²) in [6, 6.07) is 1.53. The first-order chi connectivity index (χ1) is 11.1. The minimum absolute atomic E-state index is 0.165. The number of nitrogens with zero attached hydrogens (tertiary/aromatic N) is 2. The second kappa shape index (κ2) is 7.00. The second-order valence-electron chi connectivity index (χ2n) is 5.79. The van der Waals surface area contributed by atoms with E-state index in [1.807, 2.05) is 0 Å². The summed E-state index contributed by atoms with van der Waals surface area (Å²) in [5, 5.41) is 2.92. The maximum Gasteiger partial charge on any atom is 0.282 e. The first-order valence-corrected chi connectivity index (χ1v) is 9.24. The Hall–Kier alpha value is -1.42. The van der Waals surface area contributed by atoms with Gasteiger partial charge in [0.2, 0.25) is 0 Å². The van der Waals surface area contributed by atoms with Crippen molar-refractivity contribution in [2.75, 3.05) is 39.4 Å². The molecule has 0 saturated carbocycles. The number of hydrogen-bond acceptors (Lipinski definition) is 4. The molecule has 3 heterocycles. The maximum absolute atomic E-state index is 12.7. The number of aromatic amines is 1. The summed E-state index contributed by atoms with van der Waals surface area (Å²) in [7, 11) is -3.48. The number of nitrogens with one attached hydrogen (secondary N) is 2. The zero-order chi connectivity index (χ0) is 16.3. The Morgan fingerprint density at radius 1 is 1.26 bits per heavy atom. The van der Waals surface area contributed by atoms with Crippen molar-refractivity contribution in [3.05, 3.63) is 24.0 Å². The summed E-state index contributed by atoms with van der Waals surface area (Å²) in [5.41, 5.74) is 0.554. The second-order valence-corrected chi connectivity index (χ2v) is 7.72. The van der Waals surface area contributed by atoms with Crippen LogP contribution in [0.4, 0.5) is 0 Å². The first kappa shape index (κ1) is 16.4. The van der Waals surface area contributed by atoms with Gasteiger partial charge in [0.15, 0.2) is 0 Å². The fourth-order valence-electron chi connectivity index (χ4n) is 2.94. The van der Waals surface area contributed by atoms with E-state index in [1.165, 1.54) is 8.61 Å². The molecule has 3 rings (SSSR count). The van der Waals surface area contributed by atoms with Crippen molar-refractivity contribution in [2.45, 2.75) is 18.9 Å². The molecule has 2 fully saturated rings. The lowest BCUT2D eigenvalue weighted by atomic mass is 10.1. The topological polar surface area (TPSA) is 94.7 Å². The normalized spacial score (nSPS) is 24.4. The summed E-state index contributed by atoms with van der Waals surface area (Å²) >= 11 is 0. The average Bonchev–Trinajstić information content (AvgIpc) is 3.10. The van der Waals surface area contributed by atoms with E-state index in [0.717, 1.165) is 12.8 Å². The van der Waals surface area contributed by atoms with Crippen molar-refractivity contribution in [1.82, 2.24) is 18.9 Å². The van der Waals surface area contributed by atoms with Crippen molar-refractivity contribution in [3.63, 3.8) is 0 Å². The summed E-state index contributed by atoms with van der Waals surface area (Å²) in [6.45, 7) is 2.45. The predicted molar refractivity (Wildman–Crippen MR) is 84.2 cm³/mol. The Bertz CT molecular complexity index is 625. The number of rotatable bonds is 4. The molecule has 128 valence electrons. The highest BCUT2D eigenvalue weighted by Gasteiger charge is 2.34. The van der Waals surface area contributed by atoms with Gasteiger partial charge in [0.1, 0.15) is 0 Å². The number of carbonyl (C=O) groups is 1. The lowest BCUT2D eigenvalue weighted by Gasteiger charge is -2.36. The molecule has 1 aromatic heterocycles. The Morgan fingerprint density at radius 3 is 2.74 bits per heavy atom. The summed E-state index contributed by atoms with van der Waals surface area (Å²) < 4.78 is 33.5. The Labute approximate surface area is 136 Å². The molecule has 1 unspecified atom stereocenters. The van der Waals surface area contributed by atoms with Gasteiger partial charge in [-0.25, -0.2) is 0 Å². The fourth-order valence-corrected chi connectivity index (χ4v) is 4.61. The van der Waals surface area contributed by atoms with Gasteiger partial charge in [0.05, 0.1) is 18.8 Å². The molecule has 1 atom stereocenters. The molecule has 0 bridgehead atoms. The summed E-state index contributed by atoms with van der Waals surface area (Å²) in [4.78, 5) is 14.9. The molecule has 0 aliphatic carbocycles. The van der Waals surface area contributed by atoms with Crippen LogP contribution in [0.2, 0.25) is 0 Å². The van der Waals surface area contributed by atoms with Crippen molar-refractivity contribution in [2.24, 2.45) is 0 Å². The van der Waals surface area contributed by atoms with Gasteiger partial charge in [-0.05, 0) is 18.9 Å². The largest absolute Gasteiger partial charge is 0.379 e. The van der Waals surface area contributed by atoms with E-state index in [-0.39, 0.29) is 11.9 Å². The van der Waals surface area contributed by atoms with Gasteiger partial charge in [0.25, 0.3) is 16.1 Å². The van der Waals surface area contributed by atoms with Crippen LogP contribution in [-0.4, -0.2) is 73.4 Å². The lowest BCUT2D eigenvalue weighted by Crippen LogP contribution is -2.55. The lowest BCUT2D eigenvalue weighted by molar-refractivity contribution is 0.0692. The van der Waals surface area contributed by atoms with E-state index in [0.29, 0.717) is 45.0 Å². The van der Waals surface area contributed by atoms with Crippen molar-refractivity contribution >= 4 is 16.1 Å². The van der Waals surface area contributed by atoms with Gasteiger partial charge in [-0.15, -0.1) is 0 Å². The monoisotopic (exact) mass is 342 g/mol. The summed E-state index contributed by atoms with van der Waals surface area (Å²) in [6.07, 6.45) is 4.83. The zero-order valence-corrected chi connectivity index (χ0v) is 13.7. The van der Waals surface area contributed by atoms with Gasteiger partial charge in [-0.3, -0.25) is 4.79 Å². The smallest absolute Gasteiger partial charge is 0.282 e. The van der Waals surface area contributed by atoms with E-state index in [9.17, 15) is 13.2 Å². The number of piperidine rings is 1. The van der Waals surface area contributed by atoms with Gasteiger partial charge >= 0.3 is 0 Å². The van der Waals surface area contributed by atoms with Crippen LogP contribution < -0.4 is 5.32 Å². The highest BCUT2D eigenvalue weighted by atomic mass is 32.2. The number of morpholine rings is 1. The Balaban J connectivity index is 1.62. The van der Waals surface area contributed by atoms with E-state index in [2.05, 4.69) is 10.3 Å².